The van der Waals surface area contributed by atoms with Crippen LogP contribution in [-0.4, -0.2) is 8.35 Å². The van der Waals surface area contributed by atoms with E-state index in [0.29, 0.717) is 21.2 Å². The number of halogens is 1. The van der Waals surface area contributed by atoms with Crippen LogP contribution < -0.4 is 21.2 Å². The van der Waals surface area contributed by atoms with Gasteiger partial charge in [-0.3, -0.25) is 0 Å². The minimum atomic E-state index is 0.568. The van der Waals surface area contributed by atoms with E-state index in [2.05, 4.69) is 20.8 Å². The van der Waals surface area contributed by atoms with E-state index in [-0.39, 0.29) is 0 Å². The van der Waals surface area contributed by atoms with Crippen LogP contribution in [0.15, 0.2) is 0 Å². The van der Waals surface area contributed by atoms with Crippen molar-refractivity contribution in [3.63, 3.8) is 0 Å². The molecule has 0 aromatic rings. The van der Waals surface area contributed by atoms with Crippen molar-refractivity contribution in [1.29, 1.82) is 0 Å². The summed E-state index contributed by atoms with van der Waals surface area (Å²) in [5.41, 5.74) is 0. The Bertz CT molecular complexity index is 25.1. The van der Waals surface area contributed by atoms with Crippen molar-refractivity contribution in [1.82, 2.24) is 0 Å². The van der Waals surface area contributed by atoms with Crippen molar-refractivity contribution in [2.45, 2.75) is 24.7 Å². The number of hydrogen-bond donors (Lipinski definition) is 0. The van der Waals surface area contributed by atoms with Crippen LogP contribution >= 0.6 is 0 Å². The molecule has 0 aromatic heterocycles. The molecule has 0 aliphatic heterocycles. The maximum absolute atomic E-state index is 2.30. The van der Waals surface area contributed by atoms with Gasteiger partial charge in [-0.2, -0.15) is 0 Å². The molecule has 0 amide bonds. The molecule has 0 radical (unpaired) electrons. The van der Waals surface area contributed by atoms with Gasteiger partial charge in [-0.1, -0.05) is 0 Å². The average molecular weight is 199 g/mol. The fourth-order valence-electron chi connectivity index (χ4n) is 0.309. The van der Waals surface area contributed by atoms with Gasteiger partial charge in [0.1, 0.15) is 0 Å². The minimum absolute atomic E-state index is 0.568. The van der Waals surface area contributed by atoms with Crippen molar-refractivity contribution >= 4 is 0 Å². The Kier molecular flexibility index (Phi) is 4.38. The summed E-state index contributed by atoms with van der Waals surface area (Å²) in [5.74, 6) is 0. The first-order valence-corrected chi connectivity index (χ1v) is 5.12. The predicted molar refractivity (Wildman–Crippen MR) is 25.7 cm³/mol. The molecule has 0 nitrogen and oxygen atoms in total. The average Bonchev–Trinajstić information content (AvgIpc) is 1.35. The Labute approximate surface area is 50.6 Å². The van der Waals surface area contributed by atoms with E-state index in [9.17, 15) is 0 Å². The van der Waals surface area contributed by atoms with Gasteiger partial charge in [-0.05, 0) is 0 Å². The van der Waals surface area contributed by atoms with Crippen molar-refractivity contribution in [3.05, 3.63) is 0 Å². The Hall–Kier alpha value is 0.730. The van der Waals surface area contributed by atoms with Crippen molar-refractivity contribution in [2.75, 3.05) is 4.43 Å². The Morgan fingerprint density at radius 2 is 2.00 bits per heavy atom. The zero-order chi connectivity index (χ0) is 4.99. The van der Waals surface area contributed by atoms with E-state index < -0.39 is 0 Å². The molecule has 40 valence electrons. The predicted octanol–water partition coefficient (Wildman–Crippen LogP) is -1.50. The van der Waals surface area contributed by atoms with Gasteiger partial charge < -0.3 is 0 Å². The Morgan fingerprint density at radius 3 is 2.00 bits per heavy atom. The molecule has 0 atom stereocenters. The quantitative estimate of drug-likeness (QED) is 0.375. The van der Waals surface area contributed by atoms with Crippen LogP contribution in [0.2, 0.25) is 0 Å². The number of hydrogen-bond acceptors (Lipinski definition) is 0. The SMILES string of the molecule is CC[I-]C(C)C. The molecule has 0 aliphatic carbocycles. The van der Waals surface area contributed by atoms with Gasteiger partial charge in [0.15, 0.2) is 0 Å². The maximum atomic E-state index is 2.30. The molecule has 0 heterocycles. The second-order valence-electron chi connectivity index (χ2n) is 1.44. The third-order valence-electron chi connectivity index (χ3n) is 0.463. The molecule has 0 rings (SSSR count). The third kappa shape index (κ3) is 4.73. The summed E-state index contributed by atoms with van der Waals surface area (Å²) in [7, 11) is 0. The molecule has 0 saturated heterocycles. The van der Waals surface area contributed by atoms with Crippen molar-refractivity contribution in [3.8, 4) is 0 Å². The van der Waals surface area contributed by atoms with Crippen LogP contribution in [0.5, 0.6) is 0 Å². The second kappa shape index (κ2) is 3.90. The Balaban J connectivity index is 2.63. The molecule has 0 saturated carbocycles. The molecular weight excluding hydrogens is 187 g/mol. The number of alkyl halides is 2. The van der Waals surface area contributed by atoms with E-state index in [0.717, 1.165) is 3.92 Å². The fraction of sp³-hybridized carbons (Fsp3) is 1.00. The topological polar surface area (TPSA) is 0 Å². The molecular formula is C5H12I-. The summed E-state index contributed by atoms with van der Waals surface area (Å²) in [6.45, 7) is 6.88. The van der Waals surface area contributed by atoms with Crippen molar-refractivity contribution < 1.29 is 21.2 Å². The summed E-state index contributed by atoms with van der Waals surface area (Å²) in [5, 5.41) is 0. The molecule has 0 N–H and O–H groups in total. The van der Waals surface area contributed by atoms with Gasteiger partial charge in [0.05, 0.1) is 0 Å². The van der Waals surface area contributed by atoms with Crippen LogP contribution in [0.3, 0.4) is 0 Å². The second-order valence-corrected chi connectivity index (χ2v) is 6.33. The Morgan fingerprint density at radius 1 is 1.50 bits per heavy atom. The molecule has 0 unspecified atom stereocenters. The number of rotatable bonds is 2. The zero-order valence-electron chi connectivity index (χ0n) is 4.66. The molecule has 0 aliphatic rings. The standard InChI is InChI=1S/C5H12I/c1-4-6-5(2)3/h5H,4H2,1-3H3/q-1. The third-order valence-corrected chi connectivity index (χ3v) is 3.11. The summed E-state index contributed by atoms with van der Waals surface area (Å²) >= 11 is 0.568. The van der Waals surface area contributed by atoms with Gasteiger partial charge in [-0.15, -0.1) is 0 Å². The van der Waals surface area contributed by atoms with Gasteiger partial charge in [-0.25, -0.2) is 0 Å². The van der Waals surface area contributed by atoms with Crippen LogP contribution in [0.4, 0.5) is 0 Å². The van der Waals surface area contributed by atoms with E-state index in [1.165, 1.54) is 4.43 Å². The van der Waals surface area contributed by atoms with E-state index in [1.807, 2.05) is 0 Å². The van der Waals surface area contributed by atoms with E-state index >= 15 is 0 Å². The van der Waals surface area contributed by atoms with Gasteiger partial charge >= 0.3 is 50.3 Å². The normalized spacial score (nSPS) is 10.7. The first-order valence-electron chi connectivity index (χ1n) is 2.35. The molecule has 6 heavy (non-hydrogen) atoms. The van der Waals surface area contributed by atoms with Crippen LogP contribution in [0.25, 0.3) is 0 Å². The summed E-state index contributed by atoms with van der Waals surface area (Å²) < 4.78 is 2.45. The summed E-state index contributed by atoms with van der Waals surface area (Å²) in [6, 6.07) is 0. The van der Waals surface area contributed by atoms with Gasteiger partial charge in [0.2, 0.25) is 0 Å². The first-order chi connectivity index (χ1) is 2.77. The van der Waals surface area contributed by atoms with Gasteiger partial charge in [0.25, 0.3) is 0 Å². The molecule has 0 aromatic carbocycles. The summed E-state index contributed by atoms with van der Waals surface area (Å²) in [4.78, 5) is 0. The van der Waals surface area contributed by atoms with Crippen LogP contribution in [-0.2, 0) is 0 Å². The first kappa shape index (κ1) is 6.73. The van der Waals surface area contributed by atoms with Gasteiger partial charge in [0, 0.05) is 0 Å². The monoisotopic (exact) mass is 199 g/mol. The van der Waals surface area contributed by atoms with E-state index in [1.54, 1.807) is 0 Å². The fourth-order valence-corrected chi connectivity index (χ4v) is 2.07. The van der Waals surface area contributed by atoms with Crippen molar-refractivity contribution in [2.24, 2.45) is 0 Å². The molecule has 0 bridgehead atoms. The summed E-state index contributed by atoms with van der Waals surface area (Å²) in [6.07, 6.45) is 0. The zero-order valence-corrected chi connectivity index (χ0v) is 6.82. The van der Waals surface area contributed by atoms with Crippen LogP contribution in [0.1, 0.15) is 20.8 Å². The molecule has 0 fully saturated rings. The molecule has 0 spiro atoms. The van der Waals surface area contributed by atoms with Crippen LogP contribution in [0, 0.1) is 0 Å². The van der Waals surface area contributed by atoms with E-state index in [4.69, 9.17) is 0 Å². The molecule has 1 heteroatoms.